The van der Waals surface area contributed by atoms with Crippen LogP contribution in [0.25, 0.3) is 0 Å². The zero-order valence-electron chi connectivity index (χ0n) is 15.6. The van der Waals surface area contributed by atoms with Gasteiger partial charge in [0.1, 0.15) is 13.2 Å². The summed E-state index contributed by atoms with van der Waals surface area (Å²) in [6, 6.07) is 16.3. The van der Waals surface area contributed by atoms with Gasteiger partial charge in [-0.3, -0.25) is 4.79 Å². The minimum absolute atomic E-state index is 0.0585. The van der Waals surface area contributed by atoms with Crippen LogP contribution in [0, 0.1) is 5.92 Å². The number of amides is 1. The van der Waals surface area contributed by atoms with Gasteiger partial charge in [-0.05, 0) is 42.9 Å². The Hall–Kier alpha value is -2.53. The average molecular weight is 367 g/mol. The van der Waals surface area contributed by atoms with Crippen LogP contribution in [0.4, 0.5) is 5.69 Å². The first-order chi connectivity index (χ1) is 13.3. The van der Waals surface area contributed by atoms with Crippen molar-refractivity contribution in [3.8, 4) is 11.5 Å². The van der Waals surface area contributed by atoms with Gasteiger partial charge in [0.15, 0.2) is 18.0 Å². The molecular weight excluding hydrogens is 340 g/mol. The van der Waals surface area contributed by atoms with Gasteiger partial charge in [-0.15, -0.1) is 0 Å². The number of rotatable bonds is 5. The third-order valence-corrected chi connectivity index (χ3v) is 5.42. The van der Waals surface area contributed by atoms with Gasteiger partial charge in [0.05, 0.1) is 13.1 Å². The summed E-state index contributed by atoms with van der Waals surface area (Å²) in [5, 5.41) is 3.00. The highest BCUT2D eigenvalue weighted by Gasteiger charge is 2.24. The van der Waals surface area contributed by atoms with Crippen molar-refractivity contribution in [3.05, 3.63) is 54.1 Å². The third-order valence-electron chi connectivity index (χ3n) is 5.42. The van der Waals surface area contributed by atoms with E-state index in [1.807, 2.05) is 18.2 Å². The number of benzene rings is 2. The molecule has 2 aromatic carbocycles. The summed E-state index contributed by atoms with van der Waals surface area (Å²) in [4.78, 5) is 13.8. The van der Waals surface area contributed by atoms with E-state index in [0.29, 0.717) is 25.5 Å². The maximum Gasteiger partial charge on any atom is 0.279 e. The Morgan fingerprint density at radius 1 is 1.00 bits per heavy atom. The molecule has 1 saturated heterocycles. The predicted molar refractivity (Wildman–Crippen MR) is 104 cm³/mol. The Kier molecular flexibility index (Phi) is 5.58. The van der Waals surface area contributed by atoms with Crippen LogP contribution < -0.4 is 19.7 Å². The largest absolute Gasteiger partial charge is 0.486 e. The minimum atomic E-state index is 0.0585. The number of hydrogen-bond acceptors (Lipinski definition) is 3. The number of carbonyl (C=O) groups is 1. The number of quaternary nitrogens is 1. The fourth-order valence-electron chi connectivity index (χ4n) is 3.97. The molecule has 1 amide bonds. The van der Waals surface area contributed by atoms with E-state index in [0.717, 1.165) is 36.9 Å². The van der Waals surface area contributed by atoms with Crippen LogP contribution in [0.2, 0.25) is 0 Å². The van der Waals surface area contributed by atoms with E-state index in [1.54, 1.807) is 0 Å². The van der Waals surface area contributed by atoms with E-state index in [1.165, 1.54) is 23.3 Å². The number of hydrogen-bond donors (Lipinski definition) is 2. The first kappa shape index (κ1) is 17.9. The SMILES string of the molecule is O=C(C[NH+]1CCC(Cc2ccccc2)CC1)Nc1ccc2c(c1)OCCO2. The average Bonchev–Trinajstić information content (AvgIpc) is 2.70. The molecule has 0 aromatic heterocycles. The lowest BCUT2D eigenvalue weighted by Gasteiger charge is -2.29. The van der Waals surface area contributed by atoms with Gasteiger partial charge in [0, 0.05) is 11.8 Å². The van der Waals surface area contributed by atoms with Crippen LogP contribution in [0.15, 0.2) is 48.5 Å². The maximum absolute atomic E-state index is 12.4. The Bertz CT molecular complexity index is 770. The molecule has 0 radical (unpaired) electrons. The summed E-state index contributed by atoms with van der Waals surface area (Å²) in [6.07, 6.45) is 3.51. The van der Waals surface area contributed by atoms with Crippen LogP contribution in [0.5, 0.6) is 11.5 Å². The van der Waals surface area contributed by atoms with Gasteiger partial charge in [0.2, 0.25) is 0 Å². The molecule has 1 fully saturated rings. The minimum Gasteiger partial charge on any atom is -0.486 e. The van der Waals surface area contributed by atoms with E-state index in [2.05, 4.69) is 35.6 Å². The van der Waals surface area contributed by atoms with Crippen molar-refractivity contribution in [2.45, 2.75) is 19.3 Å². The van der Waals surface area contributed by atoms with Crippen molar-refractivity contribution in [2.75, 3.05) is 38.2 Å². The highest BCUT2D eigenvalue weighted by molar-refractivity contribution is 5.91. The van der Waals surface area contributed by atoms with Gasteiger partial charge in [0.25, 0.3) is 5.91 Å². The van der Waals surface area contributed by atoms with E-state index in [4.69, 9.17) is 9.47 Å². The topological polar surface area (TPSA) is 52.0 Å². The molecule has 5 nitrogen and oxygen atoms in total. The van der Waals surface area contributed by atoms with Crippen molar-refractivity contribution >= 4 is 11.6 Å². The van der Waals surface area contributed by atoms with E-state index in [-0.39, 0.29) is 5.91 Å². The normalized spacial score (nSPS) is 21.5. The first-order valence-electron chi connectivity index (χ1n) is 9.83. The van der Waals surface area contributed by atoms with Crippen molar-refractivity contribution in [1.29, 1.82) is 0 Å². The Balaban J connectivity index is 1.24. The zero-order valence-corrected chi connectivity index (χ0v) is 15.6. The summed E-state index contributed by atoms with van der Waals surface area (Å²) >= 11 is 0. The van der Waals surface area contributed by atoms with Gasteiger partial charge < -0.3 is 19.7 Å². The number of carbonyl (C=O) groups excluding carboxylic acids is 1. The smallest absolute Gasteiger partial charge is 0.279 e. The highest BCUT2D eigenvalue weighted by atomic mass is 16.6. The summed E-state index contributed by atoms with van der Waals surface area (Å²) < 4.78 is 11.1. The molecule has 0 spiro atoms. The second kappa shape index (κ2) is 8.44. The van der Waals surface area contributed by atoms with Crippen LogP contribution in [0.3, 0.4) is 0 Å². The number of ether oxygens (including phenoxy) is 2. The van der Waals surface area contributed by atoms with Gasteiger partial charge in [-0.1, -0.05) is 30.3 Å². The molecule has 2 aromatic rings. The number of fused-ring (bicyclic) bond motifs is 1. The lowest BCUT2D eigenvalue weighted by atomic mass is 9.90. The zero-order chi connectivity index (χ0) is 18.5. The first-order valence-corrected chi connectivity index (χ1v) is 9.83. The Morgan fingerprint density at radius 2 is 1.74 bits per heavy atom. The quantitative estimate of drug-likeness (QED) is 0.849. The molecule has 0 bridgehead atoms. The van der Waals surface area contributed by atoms with Crippen molar-refractivity contribution in [1.82, 2.24) is 0 Å². The number of piperidine rings is 1. The second-order valence-electron chi connectivity index (χ2n) is 7.47. The monoisotopic (exact) mass is 367 g/mol. The van der Waals surface area contributed by atoms with Crippen LogP contribution in [0.1, 0.15) is 18.4 Å². The Morgan fingerprint density at radius 3 is 2.52 bits per heavy atom. The van der Waals surface area contributed by atoms with Gasteiger partial charge in [-0.25, -0.2) is 0 Å². The standard InChI is InChI=1S/C22H26N2O3/c25-22(23-19-6-7-20-21(15-19)27-13-12-26-20)16-24-10-8-18(9-11-24)14-17-4-2-1-3-5-17/h1-7,15,18H,8-14,16H2,(H,23,25)/p+1. The molecule has 142 valence electrons. The molecule has 2 N–H and O–H groups in total. The molecule has 0 aliphatic carbocycles. The molecule has 2 aliphatic heterocycles. The molecule has 0 unspecified atom stereocenters. The third kappa shape index (κ3) is 4.80. The summed E-state index contributed by atoms with van der Waals surface area (Å²) in [5.74, 6) is 2.23. The predicted octanol–water partition coefficient (Wildman–Crippen LogP) is 1.93. The number of anilines is 1. The van der Waals surface area contributed by atoms with Crippen LogP contribution in [-0.2, 0) is 11.2 Å². The van der Waals surface area contributed by atoms with Crippen LogP contribution in [-0.4, -0.2) is 38.8 Å². The maximum atomic E-state index is 12.4. The lowest BCUT2D eigenvalue weighted by molar-refractivity contribution is -0.898. The molecule has 0 atom stereocenters. The van der Waals surface area contributed by atoms with E-state index >= 15 is 0 Å². The molecular formula is C22H27N2O3+. The van der Waals surface area contributed by atoms with Crippen molar-refractivity contribution in [2.24, 2.45) is 5.92 Å². The van der Waals surface area contributed by atoms with Crippen LogP contribution >= 0.6 is 0 Å². The summed E-state index contributed by atoms with van der Waals surface area (Å²) in [7, 11) is 0. The van der Waals surface area contributed by atoms with Crippen molar-refractivity contribution in [3.63, 3.8) is 0 Å². The fraction of sp³-hybridized carbons (Fsp3) is 0.409. The molecule has 4 rings (SSSR count). The summed E-state index contributed by atoms with van der Waals surface area (Å²) in [5.41, 5.74) is 2.19. The van der Waals surface area contributed by atoms with Gasteiger partial charge >= 0.3 is 0 Å². The van der Waals surface area contributed by atoms with Crippen molar-refractivity contribution < 1.29 is 19.2 Å². The second-order valence-corrected chi connectivity index (χ2v) is 7.47. The lowest BCUT2D eigenvalue weighted by Crippen LogP contribution is -3.14. The summed E-state index contributed by atoms with van der Waals surface area (Å²) in [6.45, 7) is 3.76. The van der Waals surface area contributed by atoms with E-state index in [9.17, 15) is 4.79 Å². The number of likely N-dealkylation sites (tertiary alicyclic amines) is 1. The molecule has 2 heterocycles. The highest BCUT2D eigenvalue weighted by Crippen LogP contribution is 2.32. The molecule has 0 saturated carbocycles. The molecule has 5 heteroatoms. The number of nitrogens with one attached hydrogen (secondary N) is 2. The fourth-order valence-corrected chi connectivity index (χ4v) is 3.97. The van der Waals surface area contributed by atoms with E-state index < -0.39 is 0 Å². The molecule has 27 heavy (non-hydrogen) atoms. The molecule has 2 aliphatic rings. The Labute approximate surface area is 160 Å². The van der Waals surface area contributed by atoms with Gasteiger partial charge in [-0.2, -0.15) is 0 Å².